The van der Waals surface area contributed by atoms with E-state index < -0.39 is 10.0 Å². The molecule has 3 aromatic rings. The summed E-state index contributed by atoms with van der Waals surface area (Å²) in [6.45, 7) is 0.200. The van der Waals surface area contributed by atoms with Gasteiger partial charge in [0.2, 0.25) is 10.0 Å². The Morgan fingerprint density at radius 2 is 2.00 bits per heavy atom. The normalized spacial score (nSPS) is 13.9. The molecule has 0 saturated heterocycles. The van der Waals surface area contributed by atoms with Crippen LogP contribution in [-0.2, 0) is 21.2 Å². The number of hydrogen-bond donors (Lipinski definition) is 3. The van der Waals surface area contributed by atoms with E-state index in [1.807, 2.05) is 30.5 Å². The number of ether oxygens (including phenoxy) is 1. The third-order valence-corrected chi connectivity index (χ3v) is 5.71. The van der Waals surface area contributed by atoms with Crippen LogP contribution in [0.25, 0.3) is 10.9 Å². The molecule has 0 fully saturated rings. The number of carbonyl (C=O) groups excluding carboxylic acids is 1. The minimum Gasteiger partial charge on any atom is -0.482 e. The zero-order chi connectivity index (χ0) is 18.1. The molecule has 2 heterocycles. The van der Waals surface area contributed by atoms with E-state index >= 15 is 0 Å². The largest absolute Gasteiger partial charge is 0.482 e. The zero-order valence-electron chi connectivity index (χ0n) is 13.8. The minimum atomic E-state index is -3.68. The van der Waals surface area contributed by atoms with Crippen molar-refractivity contribution in [1.82, 2.24) is 9.71 Å². The first-order valence-electron chi connectivity index (χ1n) is 8.14. The fraction of sp³-hybridized carbons (Fsp3) is 0.167. The molecule has 4 rings (SSSR count). The average molecular weight is 371 g/mol. The Bertz CT molecular complexity index is 1090. The van der Waals surface area contributed by atoms with Crippen LogP contribution in [0.3, 0.4) is 0 Å². The predicted molar refractivity (Wildman–Crippen MR) is 97.8 cm³/mol. The van der Waals surface area contributed by atoms with E-state index in [0.717, 1.165) is 16.5 Å². The van der Waals surface area contributed by atoms with Gasteiger partial charge < -0.3 is 15.0 Å². The summed E-state index contributed by atoms with van der Waals surface area (Å²) in [6.07, 6.45) is 2.46. The van der Waals surface area contributed by atoms with Crippen LogP contribution in [0.2, 0.25) is 0 Å². The highest BCUT2D eigenvalue weighted by Crippen LogP contribution is 2.30. The number of carbonyl (C=O) groups is 1. The van der Waals surface area contributed by atoms with Gasteiger partial charge in [-0.25, -0.2) is 13.1 Å². The van der Waals surface area contributed by atoms with E-state index in [1.165, 1.54) is 12.1 Å². The van der Waals surface area contributed by atoms with Gasteiger partial charge in [-0.1, -0.05) is 18.2 Å². The lowest BCUT2D eigenvalue weighted by molar-refractivity contribution is -0.118. The summed E-state index contributed by atoms with van der Waals surface area (Å²) >= 11 is 0. The topological polar surface area (TPSA) is 100 Å². The van der Waals surface area contributed by atoms with E-state index in [2.05, 4.69) is 15.0 Å². The SMILES string of the molecule is O=C1COc2ccc(S(=O)(=O)NCCc3c[nH]c4ccccc34)cc2N1. The molecule has 8 heteroatoms. The number of benzene rings is 2. The second-order valence-electron chi connectivity index (χ2n) is 6.00. The van der Waals surface area contributed by atoms with Gasteiger partial charge in [-0.3, -0.25) is 4.79 Å². The third kappa shape index (κ3) is 3.16. The molecule has 0 aliphatic carbocycles. The molecule has 1 aromatic heterocycles. The van der Waals surface area contributed by atoms with Crippen LogP contribution in [0.4, 0.5) is 5.69 Å². The standard InChI is InChI=1S/C18H17N3O4S/c22-18-11-25-17-6-5-13(9-16(17)21-18)26(23,24)20-8-7-12-10-19-15-4-2-1-3-14(12)15/h1-6,9-10,19-20H,7-8,11H2,(H,21,22). The van der Waals surface area contributed by atoms with Crippen LogP contribution in [0, 0.1) is 0 Å². The molecule has 0 unspecified atom stereocenters. The molecule has 0 bridgehead atoms. The third-order valence-electron chi connectivity index (χ3n) is 4.26. The van der Waals surface area contributed by atoms with Gasteiger partial charge in [-0.15, -0.1) is 0 Å². The second-order valence-corrected chi connectivity index (χ2v) is 7.77. The fourth-order valence-corrected chi connectivity index (χ4v) is 4.03. The molecule has 2 aromatic carbocycles. The molecule has 1 aliphatic heterocycles. The van der Waals surface area contributed by atoms with Gasteiger partial charge >= 0.3 is 0 Å². The van der Waals surface area contributed by atoms with Crippen LogP contribution < -0.4 is 14.8 Å². The number of sulfonamides is 1. The first-order valence-corrected chi connectivity index (χ1v) is 9.63. The highest BCUT2D eigenvalue weighted by Gasteiger charge is 2.20. The predicted octanol–water partition coefficient (Wildman–Crippen LogP) is 2.02. The Kier molecular flexibility index (Phi) is 4.14. The van der Waals surface area contributed by atoms with Crippen molar-refractivity contribution in [2.45, 2.75) is 11.3 Å². The highest BCUT2D eigenvalue weighted by molar-refractivity contribution is 7.89. The number of fused-ring (bicyclic) bond motifs is 2. The lowest BCUT2D eigenvalue weighted by atomic mass is 10.1. The van der Waals surface area contributed by atoms with Crippen molar-refractivity contribution >= 4 is 32.5 Å². The van der Waals surface area contributed by atoms with E-state index in [1.54, 1.807) is 6.07 Å². The Balaban J connectivity index is 1.47. The van der Waals surface area contributed by atoms with Crippen LogP contribution in [0.15, 0.2) is 53.6 Å². The molecule has 0 radical (unpaired) electrons. The van der Waals surface area contributed by atoms with Crippen molar-refractivity contribution in [2.75, 3.05) is 18.5 Å². The monoisotopic (exact) mass is 371 g/mol. The summed E-state index contributed by atoms with van der Waals surface area (Å²) in [7, 11) is -3.68. The van der Waals surface area contributed by atoms with Gasteiger partial charge in [0.25, 0.3) is 5.91 Å². The molecule has 7 nitrogen and oxygen atoms in total. The molecule has 0 atom stereocenters. The van der Waals surface area contributed by atoms with Gasteiger partial charge in [0.05, 0.1) is 10.6 Å². The van der Waals surface area contributed by atoms with Crippen molar-refractivity contribution in [3.63, 3.8) is 0 Å². The summed E-state index contributed by atoms with van der Waals surface area (Å²) in [5.41, 5.74) is 2.44. The molecule has 134 valence electrons. The number of para-hydroxylation sites is 1. The number of hydrogen-bond acceptors (Lipinski definition) is 4. The van der Waals surface area contributed by atoms with Crippen molar-refractivity contribution in [2.24, 2.45) is 0 Å². The van der Waals surface area contributed by atoms with Gasteiger partial charge in [0, 0.05) is 23.6 Å². The number of amides is 1. The number of rotatable bonds is 5. The van der Waals surface area contributed by atoms with Gasteiger partial charge in [0.1, 0.15) is 5.75 Å². The van der Waals surface area contributed by atoms with Gasteiger partial charge in [-0.2, -0.15) is 0 Å². The smallest absolute Gasteiger partial charge is 0.262 e. The first kappa shape index (κ1) is 16.6. The number of anilines is 1. The number of aromatic amines is 1. The molecule has 0 saturated carbocycles. The Labute approximate surface area is 150 Å². The molecule has 1 aliphatic rings. The molecule has 26 heavy (non-hydrogen) atoms. The summed E-state index contributed by atoms with van der Waals surface area (Å²) in [5, 5.41) is 3.69. The molecular weight excluding hydrogens is 354 g/mol. The lowest BCUT2D eigenvalue weighted by Crippen LogP contribution is -2.28. The lowest BCUT2D eigenvalue weighted by Gasteiger charge is -2.18. The number of aromatic nitrogens is 1. The van der Waals surface area contributed by atoms with Crippen LogP contribution in [0.5, 0.6) is 5.75 Å². The van der Waals surface area contributed by atoms with Crippen molar-refractivity contribution in [3.8, 4) is 5.75 Å². The minimum absolute atomic E-state index is 0.0675. The van der Waals surface area contributed by atoms with Crippen LogP contribution >= 0.6 is 0 Å². The van der Waals surface area contributed by atoms with E-state index in [0.29, 0.717) is 17.9 Å². The van der Waals surface area contributed by atoms with Crippen molar-refractivity contribution in [1.29, 1.82) is 0 Å². The summed E-state index contributed by atoms with van der Waals surface area (Å²) in [5.74, 6) is 0.154. The van der Waals surface area contributed by atoms with Gasteiger partial charge in [-0.05, 0) is 36.2 Å². The number of nitrogens with one attached hydrogen (secondary N) is 3. The quantitative estimate of drug-likeness (QED) is 0.639. The van der Waals surface area contributed by atoms with Crippen molar-refractivity contribution in [3.05, 3.63) is 54.2 Å². The molecule has 3 N–H and O–H groups in total. The van der Waals surface area contributed by atoms with Gasteiger partial charge in [0.15, 0.2) is 6.61 Å². The van der Waals surface area contributed by atoms with E-state index in [9.17, 15) is 13.2 Å². The summed E-state index contributed by atoms with van der Waals surface area (Å²) in [4.78, 5) is 14.7. The molecule has 0 spiro atoms. The van der Waals surface area contributed by atoms with Crippen LogP contribution in [0.1, 0.15) is 5.56 Å². The fourth-order valence-electron chi connectivity index (χ4n) is 2.97. The second kappa shape index (κ2) is 6.47. The first-order chi connectivity index (χ1) is 12.5. The molecular formula is C18H17N3O4S. The summed E-state index contributed by atoms with van der Waals surface area (Å²) < 4.78 is 32.9. The Morgan fingerprint density at radius 1 is 1.15 bits per heavy atom. The maximum atomic E-state index is 12.5. The van der Waals surface area contributed by atoms with E-state index in [4.69, 9.17) is 4.74 Å². The van der Waals surface area contributed by atoms with E-state index in [-0.39, 0.29) is 24.0 Å². The highest BCUT2D eigenvalue weighted by atomic mass is 32.2. The molecule has 1 amide bonds. The number of H-pyrrole nitrogens is 1. The average Bonchev–Trinajstić information content (AvgIpc) is 3.04. The maximum absolute atomic E-state index is 12.5. The maximum Gasteiger partial charge on any atom is 0.262 e. The Hall–Kier alpha value is -2.84. The van der Waals surface area contributed by atoms with Crippen LogP contribution in [-0.4, -0.2) is 32.5 Å². The Morgan fingerprint density at radius 3 is 2.88 bits per heavy atom. The summed E-state index contributed by atoms with van der Waals surface area (Å²) in [6, 6.07) is 12.3. The zero-order valence-corrected chi connectivity index (χ0v) is 14.6. The van der Waals surface area contributed by atoms with Crippen molar-refractivity contribution < 1.29 is 17.9 Å².